The summed E-state index contributed by atoms with van der Waals surface area (Å²) in [6, 6.07) is 19.0. The SMILES string of the molecule is COc1ccc(C(=O)N2CCN(C(=O)c3cc4ccccc4c4cccnc34)CC2)c(OC)c1. The van der Waals surface area contributed by atoms with Gasteiger partial charge in [-0.25, -0.2) is 0 Å². The van der Waals surface area contributed by atoms with Crippen molar-refractivity contribution in [2.75, 3.05) is 40.4 Å². The molecule has 2 amide bonds. The number of pyridine rings is 1. The molecule has 5 rings (SSSR count). The van der Waals surface area contributed by atoms with E-state index < -0.39 is 0 Å². The van der Waals surface area contributed by atoms with E-state index in [1.54, 1.807) is 41.3 Å². The Morgan fingerprint density at radius 1 is 0.765 bits per heavy atom. The van der Waals surface area contributed by atoms with Crippen molar-refractivity contribution in [3.63, 3.8) is 0 Å². The molecule has 3 aromatic carbocycles. The van der Waals surface area contributed by atoms with E-state index >= 15 is 0 Å². The molecule has 0 bridgehead atoms. The lowest BCUT2D eigenvalue weighted by atomic mass is 10.00. The standard InChI is InChI=1S/C27H25N3O4/c1-33-19-9-10-22(24(17-19)34-2)26(31)29-12-14-30(15-13-29)27(32)23-16-18-6-3-4-7-20(18)21-8-5-11-28-25(21)23/h3-11,16-17H,12-15H2,1-2H3. The highest BCUT2D eigenvalue weighted by atomic mass is 16.5. The van der Waals surface area contributed by atoms with Crippen LogP contribution in [0.4, 0.5) is 0 Å². The largest absolute Gasteiger partial charge is 0.497 e. The molecule has 0 aliphatic carbocycles. The Balaban J connectivity index is 1.37. The van der Waals surface area contributed by atoms with Gasteiger partial charge < -0.3 is 19.3 Å². The van der Waals surface area contributed by atoms with Crippen LogP contribution < -0.4 is 9.47 Å². The monoisotopic (exact) mass is 455 g/mol. The van der Waals surface area contributed by atoms with Crippen LogP contribution in [0.5, 0.6) is 11.5 Å². The number of rotatable bonds is 4. The highest BCUT2D eigenvalue weighted by Crippen LogP contribution is 2.29. The molecule has 172 valence electrons. The van der Waals surface area contributed by atoms with Crippen LogP contribution in [0.25, 0.3) is 21.7 Å². The number of hydrogen-bond acceptors (Lipinski definition) is 5. The third-order valence-electron chi connectivity index (χ3n) is 6.34. The van der Waals surface area contributed by atoms with Gasteiger partial charge in [-0.05, 0) is 35.0 Å². The minimum atomic E-state index is -0.121. The zero-order valence-corrected chi connectivity index (χ0v) is 19.2. The van der Waals surface area contributed by atoms with E-state index in [0.29, 0.717) is 54.3 Å². The van der Waals surface area contributed by atoms with Crippen LogP contribution in [0, 0.1) is 0 Å². The van der Waals surface area contributed by atoms with Crippen LogP contribution in [0.15, 0.2) is 66.9 Å². The highest BCUT2D eigenvalue weighted by molar-refractivity contribution is 6.15. The number of nitrogens with zero attached hydrogens (tertiary/aromatic N) is 3. The summed E-state index contributed by atoms with van der Waals surface area (Å²) in [4.78, 5) is 34.7. The van der Waals surface area contributed by atoms with Gasteiger partial charge in [-0.15, -0.1) is 0 Å². The summed E-state index contributed by atoms with van der Waals surface area (Å²) in [6.45, 7) is 1.78. The molecule has 1 aliphatic heterocycles. The van der Waals surface area contributed by atoms with Crippen molar-refractivity contribution in [2.45, 2.75) is 0 Å². The molecule has 7 heteroatoms. The second-order valence-corrected chi connectivity index (χ2v) is 8.20. The highest BCUT2D eigenvalue weighted by Gasteiger charge is 2.28. The fourth-order valence-electron chi connectivity index (χ4n) is 4.52. The summed E-state index contributed by atoms with van der Waals surface area (Å²) in [5.41, 5.74) is 1.77. The van der Waals surface area contributed by atoms with Crippen LogP contribution in [0.1, 0.15) is 20.7 Å². The van der Waals surface area contributed by atoms with E-state index in [0.717, 1.165) is 16.2 Å². The molecular weight excluding hydrogens is 430 g/mol. The Labute approximate surface area is 197 Å². The number of aromatic nitrogens is 1. The van der Waals surface area contributed by atoms with Crippen molar-refractivity contribution in [1.82, 2.24) is 14.8 Å². The van der Waals surface area contributed by atoms with E-state index in [-0.39, 0.29) is 11.8 Å². The molecule has 0 spiro atoms. The normalized spacial score (nSPS) is 13.8. The molecular formula is C27H25N3O4. The first-order chi connectivity index (χ1) is 16.6. The molecule has 4 aromatic rings. The van der Waals surface area contributed by atoms with Crippen molar-refractivity contribution < 1.29 is 19.1 Å². The van der Waals surface area contributed by atoms with Gasteiger partial charge >= 0.3 is 0 Å². The minimum absolute atomic E-state index is 0.0661. The van der Waals surface area contributed by atoms with Crippen molar-refractivity contribution in [3.05, 3.63) is 78.0 Å². The average molecular weight is 456 g/mol. The molecule has 1 saturated heterocycles. The predicted molar refractivity (Wildman–Crippen MR) is 131 cm³/mol. The topological polar surface area (TPSA) is 72.0 Å². The Hall–Kier alpha value is -4.13. The number of hydrogen-bond donors (Lipinski definition) is 0. The van der Waals surface area contributed by atoms with E-state index in [4.69, 9.17) is 9.47 Å². The Morgan fingerprint density at radius 3 is 2.15 bits per heavy atom. The lowest BCUT2D eigenvalue weighted by molar-refractivity contribution is 0.0534. The third kappa shape index (κ3) is 3.79. The smallest absolute Gasteiger partial charge is 0.257 e. The van der Waals surface area contributed by atoms with Gasteiger partial charge in [0.15, 0.2) is 0 Å². The summed E-state index contributed by atoms with van der Waals surface area (Å²) < 4.78 is 10.6. The van der Waals surface area contributed by atoms with E-state index in [1.807, 2.05) is 42.5 Å². The second kappa shape index (κ2) is 9.02. The number of amides is 2. The number of ether oxygens (including phenoxy) is 2. The van der Waals surface area contributed by atoms with Crippen molar-refractivity contribution in [3.8, 4) is 11.5 Å². The molecule has 0 radical (unpaired) electrons. The van der Waals surface area contributed by atoms with Gasteiger partial charge in [-0.3, -0.25) is 14.6 Å². The number of fused-ring (bicyclic) bond motifs is 3. The fraction of sp³-hybridized carbons (Fsp3) is 0.222. The zero-order chi connectivity index (χ0) is 23.7. The summed E-state index contributed by atoms with van der Waals surface area (Å²) in [5, 5.41) is 3.04. The third-order valence-corrected chi connectivity index (χ3v) is 6.34. The molecule has 1 fully saturated rings. The predicted octanol–water partition coefficient (Wildman–Crippen LogP) is 4.00. The molecule has 34 heavy (non-hydrogen) atoms. The van der Waals surface area contributed by atoms with Gasteiger partial charge in [0.1, 0.15) is 11.5 Å². The van der Waals surface area contributed by atoms with Gasteiger partial charge in [0.2, 0.25) is 0 Å². The first kappa shape index (κ1) is 21.7. The van der Waals surface area contributed by atoms with Gasteiger partial charge in [0.05, 0.1) is 30.9 Å². The molecule has 1 aromatic heterocycles. The molecule has 0 N–H and O–H groups in total. The molecule has 2 heterocycles. The minimum Gasteiger partial charge on any atom is -0.497 e. The van der Waals surface area contributed by atoms with Crippen molar-refractivity contribution in [2.24, 2.45) is 0 Å². The number of carbonyl (C=O) groups excluding carboxylic acids is 2. The number of methoxy groups -OCH3 is 2. The quantitative estimate of drug-likeness (QED) is 0.435. The number of benzene rings is 3. The molecule has 0 saturated carbocycles. The summed E-state index contributed by atoms with van der Waals surface area (Å²) in [7, 11) is 3.10. The summed E-state index contributed by atoms with van der Waals surface area (Å²) in [5.74, 6) is 0.907. The maximum atomic E-state index is 13.5. The molecule has 7 nitrogen and oxygen atoms in total. The van der Waals surface area contributed by atoms with Gasteiger partial charge in [0.25, 0.3) is 11.8 Å². The van der Waals surface area contributed by atoms with Crippen molar-refractivity contribution in [1.29, 1.82) is 0 Å². The number of piperazine rings is 1. The maximum Gasteiger partial charge on any atom is 0.257 e. The molecule has 0 unspecified atom stereocenters. The van der Waals surface area contributed by atoms with Crippen LogP contribution in [-0.2, 0) is 0 Å². The van der Waals surface area contributed by atoms with E-state index in [2.05, 4.69) is 4.98 Å². The van der Waals surface area contributed by atoms with Crippen LogP contribution in [-0.4, -0.2) is 67.0 Å². The van der Waals surface area contributed by atoms with Crippen LogP contribution in [0.2, 0.25) is 0 Å². The second-order valence-electron chi connectivity index (χ2n) is 8.20. The van der Waals surface area contributed by atoms with E-state index in [9.17, 15) is 9.59 Å². The first-order valence-corrected chi connectivity index (χ1v) is 11.2. The Kier molecular flexibility index (Phi) is 5.76. The van der Waals surface area contributed by atoms with Crippen LogP contribution in [0.3, 0.4) is 0 Å². The van der Waals surface area contributed by atoms with Gasteiger partial charge in [-0.1, -0.05) is 30.3 Å². The Morgan fingerprint density at radius 2 is 1.44 bits per heavy atom. The lowest BCUT2D eigenvalue weighted by Crippen LogP contribution is -2.50. The molecule has 1 aliphatic rings. The Bertz CT molecular complexity index is 1390. The lowest BCUT2D eigenvalue weighted by Gasteiger charge is -2.35. The zero-order valence-electron chi connectivity index (χ0n) is 19.2. The fourth-order valence-corrected chi connectivity index (χ4v) is 4.52. The number of carbonyl (C=O) groups is 2. The summed E-state index contributed by atoms with van der Waals surface area (Å²) in [6.07, 6.45) is 1.72. The molecule has 0 atom stereocenters. The maximum absolute atomic E-state index is 13.5. The summed E-state index contributed by atoms with van der Waals surface area (Å²) >= 11 is 0. The van der Waals surface area contributed by atoms with Gasteiger partial charge in [0, 0.05) is 43.8 Å². The van der Waals surface area contributed by atoms with Crippen molar-refractivity contribution >= 4 is 33.5 Å². The average Bonchev–Trinajstić information content (AvgIpc) is 2.91. The van der Waals surface area contributed by atoms with E-state index in [1.165, 1.54) is 7.11 Å². The van der Waals surface area contributed by atoms with Crippen LogP contribution >= 0.6 is 0 Å². The first-order valence-electron chi connectivity index (χ1n) is 11.2. The van der Waals surface area contributed by atoms with Gasteiger partial charge in [-0.2, -0.15) is 0 Å².